The van der Waals surface area contributed by atoms with Crippen LogP contribution in [0.5, 0.6) is 11.5 Å². The van der Waals surface area contributed by atoms with Crippen molar-refractivity contribution in [3.63, 3.8) is 0 Å². The Labute approximate surface area is 229 Å². The molecule has 0 bridgehead atoms. The number of hydrogen-bond donors (Lipinski definition) is 0. The molecule has 5 rings (SSSR count). The van der Waals surface area contributed by atoms with Crippen LogP contribution < -0.4 is 9.47 Å². The first-order chi connectivity index (χ1) is 18.1. The van der Waals surface area contributed by atoms with Gasteiger partial charge in [0.1, 0.15) is 6.54 Å². The Hall–Kier alpha value is -3.32. The molecule has 3 aromatic rings. The maximum absolute atomic E-state index is 13.9. The Morgan fingerprint density at radius 3 is 2.50 bits per heavy atom. The number of benzene rings is 2. The van der Waals surface area contributed by atoms with Gasteiger partial charge < -0.3 is 19.3 Å². The summed E-state index contributed by atoms with van der Waals surface area (Å²) in [7, 11) is 0. The van der Waals surface area contributed by atoms with Crippen LogP contribution in [0.15, 0.2) is 53.9 Å². The lowest BCUT2D eigenvalue weighted by Gasteiger charge is -2.38. The molecule has 0 saturated heterocycles. The van der Waals surface area contributed by atoms with Crippen LogP contribution in [-0.4, -0.2) is 48.0 Å². The first-order valence-corrected chi connectivity index (χ1v) is 14.1. The van der Waals surface area contributed by atoms with Crippen LogP contribution in [0.3, 0.4) is 0 Å². The second-order valence-corrected chi connectivity index (χ2v) is 12.6. The molecule has 2 aliphatic rings. The van der Waals surface area contributed by atoms with E-state index in [1.165, 1.54) is 16.0 Å². The highest BCUT2D eigenvalue weighted by atomic mass is 32.1. The summed E-state index contributed by atoms with van der Waals surface area (Å²) in [6, 6.07) is 15.8. The second kappa shape index (κ2) is 10.4. The van der Waals surface area contributed by atoms with Gasteiger partial charge in [0.05, 0.1) is 6.04 Å². The van der Waals surface area contributed by atoms with Crippen molar-refractivity contribution in [3.8, 4) is 11.5 Å². The van der Waals surface area contributed by atoms with E-state index in [9.17, 15) is 9.59 Å². The molecule has 1 aromatic heterocycles. The molecular formula is C31H36N2O4S. The fourth-order valence-electron chi connectivity index (χ4n) is 5.24. The van der Waals surface area contributed by atoms with Gasteiger partial charge in [-0.1, -0.05) is 58.9 Å². The van der Waals surface area contributed by atoms with Crippen LogP contribution in [0.1, 0.15) is 72.6 Å². The number of carbonyl (C=O) groups is 2. The highest BCUT2D eigenvalue weighted by Gasteiger charge is 2.34. The summed E-state index contributed by atoms with van der Waals surface area (Å²) in [5.41, 5.74) is 4.10. The van der Waals surface area contributed by atoms with Crippen LogP contribution >= 0.6 is 11.3 Å². The molecule has 200 valence electrons. The van der Waals surface area contributed by atoms with Gasteiger partial charge in [-0.15, -0.1) is 11.3 Å². The predicted octanol–water partition coefficient (Wildman–Crippen LogP) is 6.05. The number of hydrogen-bond acceptors (Lipinski definition) is 5. The Morgan fingerprint density at radius 2 is 1.79 bits per heavy atom. The minimum absolute atomic E-state index is 0.0293. The van der Waals surface area contributed by atoms with Gasteiger partial charge in [-0.2, -0.15) is 0 Å². The van der Waals surface area contributed by atoms with Crippen LogP contribution in [0.4, 0.5) is 0 Å². The standard InChI is InChI=1S/C31H36N2O4S/c1-20(2)17-32(30(35)22-8-11-25-26(16-22)37-19-36-25)18-28(34)33-14-12-27-24(13-15-38-27)29(33)21-6-9-23(10-7-21)31(3,4)5/h6-11,13,15-16,20,29H,12,14,17-19H2,1-5H3. The highest BCUT2D eigenvalue weighted by Crippen LogP contribution is 2.39. The average Bonchev–Trinajstić information content (AvgIpc) is 3.55. The summed E-state index contributed by atoms with van der Waals surface area (Å²) in [5, 5.41) is 2.11. The molecule has 3 heterocycles. The summed E-state index contributed by atoms with van der Waals surface area (Å²) in [5.74, 6) is 1.19. The predicted molar refractivity (Wildman–Crippen MR) is 150 cm³/mol. The van der Waals surface area contributed by atoms with Crippen molar-refractivity contribution in [1.82, 2.24) is 9.80 Å². The van der Waals surface area contributed by atoms with E-state index < -0.39 is 0 Å². The third-order valence-electron chi connectivity index (χ3n) is 7.20. The average molecular weight is 533 g/mol. The third-order valence-corrected chi connectivity index (χ3v) is 8.19. The fourth-order valence-corrected chi connectivity index (χ4v) is 6.14. The molecule has 0 aliphatic carbocycles. The minimum Gasteiger partial charge on any atom is -0.454 e. The molecule has 0 N–H and O–H groups in total. The van der Waals surface area contributed by atoms with E-state index in [1.54, 1.807) is 34.4 Å². The summed E-state index contributed by atoms with van der Waals surface area (Å²) >= 11 is 1.75. The van der Waals surface area contributed by atoms with Gasteiger partial charge in [-0.25, -0.2) is 0 Å². The zero-order valence-electron chi connectivity index (χ0n) is 22.8. The van der Waals surface area contributed by atoms with Crippen molar-refractivity contribution >= 4 is 23.2 Å². The Balaban J connectivity index is 1.42. The second-order valence-electron chi connectivity index (χ2n) is 11.6. The number of rotatable bonds is 6. The summed E-state index contributed by atoms with van der Waals surface area (Å²) < 4.78 is 10.9. The quantitative estimate of drug-likeness (QED) is 0.388. The SMILES string of the molecule is CC(C)CN(CC(=O)N1CCc2sccc2C1c1ccc(C(C)(C)C)cc1)C(=O)c1ccc2c(c1)OCO2. The summed E-state index contributed by atoms with van der Waals surface area (Å²) in [6.45, 7) is 12.0. The molecule has 38 heavy (non-hydrogen) atoms. The van der Waals surface area contributed by atoms with Crippen molar-refractivity contribution in [2.24, 2.45) is 5.92 Å². The van der Waals surface area contributed by atoms with Crippen LogP contribution in [0.2, 0.25) is 0 Å². The monoisotopic (exact) mass is 532 g/mol. The van der Waals surface area contributed by atoms with Crippen molar-refractivity contribution in [2.75, 3.05) is 26.4 Å². The van der Waals surface area contributed by atoms with Crippen LogP contribution in [-0.2, 0) is 16.6 Å². The van der Waals surface area contributed by atoms with Gasteiger partial charge in [-0.3, -0.25) is 9.59 Å². The van der Waals surface area contributed by atoms with E-state index in [4.69, 9.17) is 9.47 Å². The topological polar surface area (TPSA) is 59.1 Å². The molecule has 0 radical (unpaired) electrons. The van der Waals surface area contributed by atoms with Gasteiger partial charge in [0, 0.05) is 23.5 Å². The number of thiophene rings is 1. The van der Waals surface area contributed by atoms with Gasteiger partial charge >= 0.3 is 0 Å². The molecule has 6 nitrogen and oxygen atoms in total. The summed E-state index contributed by atoms with van der Waals surface area (Å²) in [6.07, 6.45) is 0.829. The number of nitrogens with zero attached hydrogens (tertiary/aromatic N) is 2. The maximum Gasteiger partial charge on any atom is 0.254 e. The lowest BCUT2D eigenvalue weighted by atomic mass is 9.85. The molecule has 2 aliphatic heterocycles. The zero-order valence-corrected chi connectivity index (χ0v) is 23.6. The molecule has 7 heteroatoms. The number of ether oxygens (including phenoxy) is 2. The molecule has 0 fully saturated rings. The lowest BCUT2D eigenvalue weighted by Crippen LogP contribution is -2.47. The highest BCUT2D eigenvalue weighted by molar-refractivity contribution is 7.10. The Bertz CT molecular complexity index is 1320. The molecule has 2 amide bonds. The van der Waals surface area contributed by atoms with Gasteiger partial charge in [-0.05, 0) is 64.1 Å². The molecule has 0 spiro atoms. The molecule has 1 atom stereocenters. The number of amides is 2. The Kier molecular flexibility index (Phi) is 7.23. The molecule has 0 saturated carbocycles. The number of fused-ring (bicyclic) bond motifs is 2. The minimum atomic E-state index is -0.176. The van der Waals surface area contributed by atoms with Crippen molar-refractivity contribution < 1.29 is 19.1 Å². The molecular weight excluding hydrogens is 496 g/mol. The van der Waals surface area contributed by atoms with E-state index >= 15 is 0 Å². The fraction of sp³-hybridized carbons (Fsp3) is 0.419. The third kappa shape index (κ3) is 5.30. The normalized spacial score (nSPS) is 16.5. The van der Waals surface area contributed by atoms with Gasteiger partial charge in [0.15, 0.2) is 11.5 Å². The van der Waals surface area contributed by atoms with Crippen molar-refractivity contribution in [3.05, 3.63) is 81.0 Å². The molecule has 2 aromatic carbocycles. The van der Waals surface area contributed by atoms with Crippen molar-refractivity contribution in [1.29, 1.82) is 0 Å². The smallest absolute Gasteiger partial charge is 0.254 e. The van der Waals surface area contributed by atoms with E-state index in [2.05, 4.69) is 70.3 Å². The van der Waals surface area contributed by atoms with Gasteiger partial charge in [0.25, 0.3) is 5.91 Å². The van der Waals surface area contributed by atoms with E-state index in [0.717, 1.165) is 12.0 Å². The van der Waals surface area contributed by atoms with Crippen molar-refractivity contribution in [2.45, 2.75) is 52.5 Å². The van der Waals surface area contributed by atoms with Crippen LogP contribution in [0.25, 0.3) is 0 Å². The first kappa shape index (κ1) is 26.3. The summed E-state index contributed by atoms with van der Waals surface area (Å²) in [4.78, 5) is 32.5. The first-order valence-electron chi connectivity index (χ1n) is 13.3. The zero-order chi connectivity index (χ0) is 27.0. The Morgan fingerprint density at radius 1 is 1.05 bits per heavy atom. The maximum atomic E-state index is 13.9. The lowest BCUT2D eigenvalue weighted by molar-refractivity contribution is -0.134. The van der Waals surface area contributed by atoms with E-state index in [1.807, 2.05) is 4.90 Å². The van der Waals surface area contributed by atoms with Crippen LogP contribution in [0, 0.1) is 5.92 Å². The van der Waals surface area contributed by atoms with Gasteiger partial charge in [0.2, 0.25) is 12.7 Å². The van der Waals surface area contributed by atoms with E-state index in [-0.39, 0.29) is 42.5 Å². The largest absolute Gasteiger partial charge is 0.454 e. The number of carbonyl (C=O) groups excluding carboxylic acids is 2. The van der Waals surface area contributed by atoms with E-state index in [0.29, 0.717) is 30.2 Å². The molecule has 1 unspecified atom stereocenters.